The molecule has 1 heterocycles. The quantitative estimate of drug-likeness (QED) is 0.225. The molecule has 1 aliphatic rings. The molecule has 3 aromatic rings. The summed E-state index contributed by atoms with van der Waals surface area (Å²) in [7, 11) is 0. The predicted octanol–water partition coefficient (Wildman–Crippen LogP) is 7.21. The fourth-order valence-corrected chi connectivity index (χ4v) is 4.90. The fraction of sp³-hybridized carbons (Fsp3) is 0.292. The fourth-order valence-electron chi connectivity index (χ4n) is 3.77. The number of halogens is 1. The Bertz CT molecular complexity index is 1190. The molecule has 0 atom stereocenters. The summed E-state index contributed by atoms with van der Waals surface area (Å²) in [6.45, 7) is 2.79. The van der Waals surface area contributed by atoms with Crippen molar-refractivity contribution in [2.24, 2.45) is 4.99 Å². The van der Waals surface area contributed by atoms with Gasteiger partial charge in [-0.1, -0.05) is 29.3 Å². The number of non-ortho nitro benzene ring substituents is 1. The third-order valence-electron chi connectivity index (χ3n) is 5.59. The Hall–Kier alpha value is -2.70. The van der Waals surface area contributed by atoms with Crippen molar-refractivity contribution >= 4 is 34.3 Å². The van der Waals surface area contributed by atoms with Crippen LogP contribution in [0.25, 0.3) is 11.3 Å². The summed E-state index contributed by atoms with van der Waals surface area (Å²) in [6.07, 6.45) is 8.22. The van der Waals surface area contributed by atoms with Gasteiger partial charge in [0.2, 0.25) is 0 Å². The number of thiazole rings is 1. The topological polar surface area (TPSA) is 60.4 Å². The first kappa shape index (κ1) is 21.5. The van der Waals surface area contributed by atoms with E-state index in [-0.39, 0.29) is 10.6 Å². The average Bonchev–Trinajstić information content (AvgIpc) is 3.18. The molecule has 0 aliphatic heterocycles. The second-order valence-corrected chi connectivity index (χ2v) is 9.01. The zero-order valence-electron chi connectivity index (χ0n) is 17.4. The Kier molecular flexibility index (Phi) is 6.68. The van der Waals surface area contributed by atoms with Crippen LogP contribution in [0.3, 0.4) is 0 Å². The number of benzene rings is 2. The Morgan fingerprint density at radius 1 is 1.19 bits per heavy atom. The monoisotopic (exact) mass is 453 g/mol. The first-order valence-electron chi connectivity index (χ1n) is 10.4. The number of nitro groups is 1. The summed E-state index contributed by atoms with van der Waals surface area (Å²) in [4.78, 5) is 16.4. The van der Waals surface area contributed by atoms with Gasteiger partial charge in [-0.2, -0.15) is 0 Å². The van der Waals surface area contributed by atoms with Gasteiger partial charge in [0, 0.05) is 29.1 Å². The average molecular weight is 454 g/mol. The standard InChI is InChI=1S/C24H24ClN3O2S/c1-17-7-10-20(15-22(17)25)26-24-27(14-13-18-5-3-2-4-6-18)23(16-31-24)19-8-11-21(12-9-19)28(29)30/h5,7-12,15-16H,2-4,6,13-14H2,1H3. The van der Waals surface area contributed by atoms with Gasteiger partial charge < -0.3 is 4.57 Å². The molecular formula is C24H24ClN3O2S. The second-order valence-electron chi connectivity index (χ2n) is 7.76. The minimum Gasteiger partial charge on any atom is -0.316 e. The molecule has 0 saturated carbocycles. The highest BCUT2D eigenvalue weighted by Gasteiger charge is 2.12. The van der Waals surface area contributed by atoms with Gasteiger partial charge in [0.25, 0.3) is 5.69 Å². The van der Waals surface area contributed by atoms with E-state index in [1.54, 1.807) is 23.5 Å². The molecule has 7 heteroatoms. The SMILES string of the molecule is Cc1ccc(N=c2scc(-c3ccc([N+](=O)[O-])cc3)n2CCC2=CCCCC2)cc1Cl. The molecule has 0 amide bonds. The molecule has 1 aromatic heterocycles. The minimum absolute atomic E-state index is 0.0945. The van der Waals surface area contributed by atoms with Crippen LogP contribution in [0.4, 0.5) is 11.4 Å². The maximum Gasteiger partial charge on any atom is 0.269 e. The van der Waals surface area contributed by atoms with Gasteiger partial charge in [-0.05, 0) is 74.4 Å². The number of aryl methyl sites for hydroxylation is 1. The van der Waals surface area contributed by atoms with Crippen LogP contribution >= 0.6 is 22.9 Å². The number of rotatable bonds is 6. The molecule has 2 aromatic carbocycles. The van der Waals surface area contributed by atoms with Gasteiger partial charge in [0.15, 0.2) is 4.80 Å². The lowest BCUT2D eigenvalue weighted by atomic mass is 9.97. The third-order valence-corrected chi connectivity index (χ3v) is 6.86. The highest BCUT2D eigenvalue weighted by Crippen LogP contribution is 2.27. The molecule has 0 saturated heterocycles. The highest BCUT2D eigenvalue weighted by atomic mass is 35.5. The molecule has 0 N–H and O–H groups in total. The predicted molar refractivity (Wildman–Crippen MR) is 127 cm³/mol. The van der Waals surface area contributed by atoms with Crippen LogP contribution in [0.15, 0.2) is 64.5 Å². The van der Waals surface area contributed by atoms with Crippen molar-refractivity contribution < 1.29 is 4.92 Å². The molecular weight excluding hydrogens is 430 g/mol. The Labute approximate surface area is 190 Å². The van der Waals surface area contributed by atoms with Gasteiger partial charge in [-0.15, -0.1) is 11.3 Å². The molecule has 1 aliphatic carbocycles. The molecule has 0 bridgehead atoms. The van der Waals surface area contributed by atoms with E-state index in [0.717, 1.165) is 53.1 Å². The van der Waals surface area contributed by atoms with E-state index in [4.69, 9.17) is 16.6 Å². The van der Waals surface area contributed by atoms with E-state index in [2.05, 4.69) is 16.0 Å². The van der Waals surface area contributed by atoms with Crippen LogP contribution in [0, 0.1) is 17.0 Å². The van der Waals surface area contributed by atoms with E-state index in [9.17, 15) is 10.1 Å². The molecule has 0 unspecified atom stereocenters. The zero-order valence-corrected chi connectivity index (χ0v) is 19.0. The first-order chi connectivity index (χ1) is 15.0. The van der Waals surface area contributed by atoms with E-state index in [1.165, 1.54) is 18.4 Å². The van der Waals surface area contributed by atoms with E-state index in [1.807, 2.05) is 37.3 Å². The van der Waals surface area contributed by atoms with Crippen LogP contribution in [-0.4, -0.2) is 9.49 Å². The van der Waals surface area contributed by atoms with Gasteiger partial charge >= 0.3 is 0 Å². The Morgan fingerprint density at radius 3 is 2.68 bits per heavy atom. The van der Waals surface area contributed by atoms with Crippen molar-refractivity contribution in [3.8, 4) is 11.3 Å². The summed E-state index contributed by atoms with van der Waals surface area (Å²) >= 11 is 7.87. The summed E-state index contributed by atoms with van der Waals surface area (Å²) in [5.74, 6) is 0. The lowest BCUT2D eigenvalue weighted by Gasteiger charge is -2.14. The molecule has 0 fully saturated rings. The summed E-state index contributed by atoms with van der Waals surface area (Å²) in [6, 6.07) is 12.6. The van der Waals surface area contributed by atoms with E-state index in [0.29, 0.717) is 5.02 Å². The first-order valence-corrected chi connectivity index (χ1v) is 11.7. The Morgan fingerprint density at radius 2 is 2.00 bits per heavy atom. The molecule has 160 valence electrons. The molecule has 31 heavy (non-hydrogen) atoms. The Balaban J connectivity index is 1.73. The summed E-state index contributed by atoms with van der Waals surface area (Å²) < 4.78 is 2.22. The third kappa shape index (κ3) is 5.14. The minimum atomic E-state index is -0.372. The van der Waals surface area contributed by atoms with Crippen molar-refractivity contribution in [3.05, 3.63) is 85.0 Å². The van der Waals surface area contributed by atoms with Gasteiger partial charge in [-0.25, -0.2) is 4.99 Å². The van der Waals surface area contributed by atoms with Crippen molar-refractivity contribution in [2.75, 3.05) is 0 Å². The van der Waals surface area contributed by atoms with Crippen molar-refractivity contribution in [1.29, 1.82) is 0 Å². The highest BCUT2D eigenvalue weighted by molar-refractivity contribution is 7.07. The number of nitro benzene ring substituents is 1. The van der Waals surface area contributed by atoms with Crippen molar-refractivity contribution in [2.45, 2.75) is 45.6 Å². The number of aromatic nitrogens is 1. The van der Waals surface area contributed by atoms with Crippen LogP contribution in [0.1, 0.15) is 37.7 Å². The van der Waals surface area contributed by atoms with Crippen LogP contribution in [-0.2, 0) is 6.54 Å². The smallest absolute Gasteiger partial charge is 0.269 e. The molecule has 4 rings (SSSR count). The van der Waals surface area contributed by atoms with Crippen LogP contribution < -0.4 is 4.80 Å². The lowest BCUT2D eigenvalue weighted by Crippen LogP contribution is -2.16. The number of allylic oxidation sites excluding steroid dienone is 2. The van der Waals surface area contributed by atoms with Gasteiger partial charge in [0.05, 0.1) is 16.3 Å². The summed E-state index contributed by atoms with van der Waals surface area (Å²) in [5.41, 5.74) is 5.41. The van der Waals surface area contributed by atoms with Crippen LogP contribution in [0.2, 0.25) is 5.02 Å². The van der Waals surface area contributed by atoms with Crippen LogP contribution in [0.5, 0.6) is 0 Å². The lowest BCUT2D eigenvalue weighted by molar-refractivity contribution is -0.384. The van der Waals surface area contributed by atoms with E-state index < -0.39 is 0 Å². The number of nitrogens with zero attached hydrogens (tertiary/aromatic N) is 3. The van der Waals surface area contributed by atoms with Crippen molar-refractivity contribution in [3.63, 3.8) is 0 Å². The van der Waals surface area contributed by atoms with Gasteiger partial charge in [-0.3, -0.25) is 10.1 Å². The maximum absolute atomic E-state index is 11.0. The largest absolute Gasteiger partial charge is 0.316 e. The van der Waals surface area contributed by atoms with Crippen molar-refractivity contribution in [1.82, 2.24) is 4.57 Å². The molecule has 0 radical (unpaired) electrons. The van der Waals surface area contributed by atoms with E-state index >= 15 is 0 Å². The number of hydrogen-bond donors (Lipinski definition) is 0. The van der Waals surface area contributed by atoms with Gasteiger partial charge in [0.1, 0.15) is 0 Å². The summed E-state index contributed by atoms with van der Waals surface area (Å²) in [5, 5.41) is 13.8. The maximum atomic E-state index is 11.0. The zero-order chi connectivity index (χ0) is 21.8. The molecule has 0 spiro atoms. The normalized spacial score (nSPS) is 14.5. The molecule has 5 nitrogen and oxygen atoms in total. The second kappa shape index (κ2) is 9.62. The number of hydrogen-bond acceptors (Lipinski definition) is 4.